The van der Waals surface area contributed by atoms with Crippen LogP contribution in [0.25, 0.3) is 0 Å². The molecule has 2 rings (SSSR count). The molecule has 1 unspecified atom stereocenters. The van der Waals surface area contributed by atoms with E-state index in [4.69, 9.17) is 4.74 Å². The molecule has 5 nitrogen and oxygen atoms in total. The van der Waals surface area contributed by atoms with Gasteiger partial charge >= 0.3 is 5.97 Å². The van der Waals surface area contributed by atoms with Crippen LogP contribution in [0.4, 0.5) is 0 Å². The van der Waals surface area contributed by atoms with E-state index in [9.17, 15) is 14.7 Å². The second kappa shape index (κ2) is 9.04. The van der Waals surface area contributed by atoms with Crippen LogP contribution >= 0.6 is 0 Å². The first-order chi connectivity index (χ1) is 12.4. The lowest BCUT2D eigenvalue weighted by Gasteiger charge is -2.15. The number of hydrogen-bond donors (Lipinski definition) is 2. The summed E-state index contributed by atoms with van der Waals surface area (Å²) in [7, 11) is 0. The van der Waals surface area contributed by atoms with Crippen LogP contribution in [0.15, 0.2) is 42.5 Å². The average Bonchev–Trinajstić information content (AvgIpc) is 2.61. The maximum atomic E-state index is 12.4. The zero-order valence-electron chi connectivity index (χ0n) is 15.4. The highest BCUT2D eigenvalue weighted by Gasteiger charge is 2.20. The molecular weight excluding hydrogens is 330 g/mol. The summed E-state index contributed by atoms with van der Waals surface area (Å²) >= 11 is 0. The Kier molecular flexibility index (Phi) is 6.78. The van der Waals surface area contributed by atoms with E-state index in [2.05, 4.69) is 5.32 Å². The van der Waals surface area contributed by atoms with Crippen molar-refractivity contribution in [3.05, 3.63) is 64.7 Å². The number of amides is 1. The summed E-state index contributed by atoms with van der Waals surface area (Å²) in [5, 5.41) is 12.2. The number of hydrogen-bond acceptors (Lipinski definition) is 3. The minimum atomic E-state index is -0.930. The third-order valence-electron chi connectivity index (χ3n) is 4.21. The molecule has 1 atom stereocenters. The van der Waals surface area contributed by atoms with E-state index in [1.165, 1.54) is 0 Å². The molecule has 0 aliphatic rings. The summed E-state index contributed by atoms with van der Waals surface area (Å²) < 4.78 is 5.39. The molecular formula is C21H25NO4. The smallest absolute Gasteiger partial charge is 0.308 e. The van der Waals surface area contributed by atoms with Gasteiger partial charge in [-0.05, 0) is 56.5 Å². The van der Waals surface area contributed by atoms with Crippen LogP contribution in [0.1, 0.15) is 34.0 Å². The van der Waals surface area contributed by atoms with Crippen LogP contribution in [0.5, 0.6) is 5.75 Å². The fourth-order valence-electron chi connectivity index (χ4n) is 2.71. The monoisotopic (exact) mass is 355 g/mol. The molecule has 0 heterocycles. The van der Waals surface area contributed by atoms with Gasteiger partial charge in [0, 0.05) is 12.1 Å². The molecule has 0 spiro atoms. The molecule has 0 radical (unpaired) electrons. The Balaban J connectivity index is 2.00. The maximum absolute atomic E-state index is 12.4. The second-order valence-electron chi connectivity index (χ2n) is 6.34. The van der Waals surface area contributed by atoms with Crippen LogP contribution in [0.3, 0.4) is 0 Å². The van der Waals surface area contributed by atoms with Crippen molar-refractivity contribution in [1.82, 2.24) is 5.32 Å². The van der Waals surface area contributed by atoms with Gasteiger partial charge in [0.2, 0.25) is 0 Å². The van der Waals surface area contributed by atoms with Gasteiger partial charge in [-0.1, -0.05) is 29.8 Å². The third kappa shape index (κ3) is 5.34. The molecule has 26 heavy (non-hydrogen) atoms. The summed E-state index contributed by atoms with van der Waals surface area (Å²) in [6.45, 7) is 6.36. The molecule has 0 bridgehead atoms. The molecule has 5 heteroatoms. The number of aryl methyl sites for hydroxylation is 2. The van der Waals surface area contributed by atoms with E-state index >= 15 is 0 Å². The second-order valence-corrected chi connectivity index (χ2v) is 6.34. The number of nitrogens with one attached hydrogen (secondary N) is 1. The van der Waals surface area contributed by atoms with Gasteiger partial charge in [-0.15, -0.1) is 0 Å². The van der Waals surface area contributed by atoms with E-state index in [1.54, 1.807) is 0 Å². The Morgan fingerprint density at radius 3 is 2.42 bits per heavy atom. The number of carboxylic acid groups (broad SMARTS) is 1. The SMILES string of the molecule is CCOc1ccc(CC(CNC(=O)c2cc(C)ccc2C)C(=O)O)cc1. The number of rotatable bonds is 8. The first kappa shape index (κ1) is 19.5. The number of aliphatic carboxylic acids is 1. The van der Waals surface area contributed by atoms with Crippen LogP contribution < -0.4 is 10.1 Å². The van der Waals surface area contributed by atoms with Crippen LogP contribution in [-0.2, 0) is 11.2 Å². The van der Waals surface area contributed by atoms with E-state index < -0.39 is 11.9 Å². The standard InChI is InChI=1S/C21H25NO4/c1-4-26-18-9-7-16(8-10-18)12-17(21(24)25)13-22-20(23)19-11-14(2)5-6-15(19)3/h5-11,17H,4,12-13H2,1-3H3,(H,22,23)(H,24,25). The summed E-state index contributed by atoms with van der Waals surface area (Å²) in [5.41, 5.74) is 3.33. The highest BCUT2D eigenvalue weighted by Crippen LogP contribution is 2.16. The van der Waals surface area contributed by atoms with E-state index in [1.807, 2.05) is 63.2 Å². The zero-order chi connectivity index (χ0) is 19.1. The lowest BCUT2D eigenvalue weighted by molar-refractivity contribution is -0.141. The summed E-state index contributed by atoms with van der Waals surface area (Å²) in [5.74, 6) is -1.11. The van der Waals surface area contributed by atoms with Crippen molar-refractivity contribution in [3.63, 3.8) is 0 Å². The van der Waals surface area contributed by atoms with Crippen molar-refractivity contribution in [1.29, 1.82) is 0 Å². The number of carbonyl (C=O) groups excluding carboxylic acids is 1. The molecule has 0 aromatic heterocycles. The third-order valence-corrected chi connectivity index (χ3v) is 4.21. The Morgan fingerprint density at radius 2 is 1.81 bits per heavy atom. The first-order valence-corrected chi connectivity index (χ1v) is 8.70. The molecule has 0 fully saturated rings. The van der Waals surface area contributed by atoms with E-state index in [-0.39, 0.29) is 12.5 Å². The summed E-state index contributed by atoms with van der Waals surface area (Å²) in [4.78, 5) is 24.0. The van der Waals surface area contributed by atoms with Crippen LogP contribution in [-0.4, -0.2) is 30.1 Å². The maximum Gasteiger partial charge on any atom is 0.308 e. The van der Waals surface area contributed by atoms with Crippen molar-refractivity contribution >= 4 is 11.9 Å². The molecule has 138 valence electrons. The molecule has 0 saturated heterocycles. The van der Waals surface area contributed by atoms with Gasteiger partial charge in [-0.3, -0.25) is 9.59 Å². The predicted octanol–water partition coefficient (Wildman–Crippen LogP) is 3.38. The Morgan fingerprint density at radius 1 is 1.12 bits per heavy atom. The number of carbonyl (C=O) groups is 2. The number of benzene rings is 2. The van der Waals surface area contributed by atoms with Crippen LogP contribution in [0, 0.1) is 19.8 Å². The Bertz CT molecular complexity index is 768. The highest BCUT2D eigenvalue weighted by molar-refractivity contribution is 5.96. The predicted molar refractivity (Wildman–Crippen MR) is 101 cm³/mol. The van der Waals surface area contributed by atoms with Crippen molar-refractivity contribution in [2.45, 2.75) is 27.2 Å². The van der Waals surface area contributed by atoms with Gasteiger partial charge in [0.15, 0.2) is 0 Å². The lowest BCUT2D eigenvalue weighted by atomic mass is 9.98. The quantitative estimate of drug-likeness (QED) is 0.761. The minimum Gasteiger partial charge on any atom is -0.494 e. The number of ether oxygens (including phenoxy) is 1. The first-order valence-electron chi connectivity index (χ1n) is 8.70. The van der Waals surface area contributed by atoms with Gasteiger partial charge in [0.1, 0.15) is 5.75 Å². The van der Waals surface area contributed by atoms with Gasteiger partial charge < -0.3 is 15.2 Å². The van der Waals surface area contributed by atoms with Gasteiger partial charge in [0.05, 0.1) is 12.5 Å². The van der Waals surface area contributed by atoms with Gasteiger partial charge in [-0.2, -0.15) is 0 Å². The van der Waals surface area contributed by atoms with Crippen molar-refractivity contribution in [2.24, 2.45) is 5.92 Å². The molecule has 2 N–H and O–H groups in total. The van der Waals surface area contributed by atoms with E-state index in [0.29, 0.717) is 18.6 Å². The summed E-state index contributed by atoms with van der Waals surface area (Å²) in [6, 6.07) is 13.0. The lowest BCUT2D eigenvalue weighted by Crippen LogP contribution is -2.34. The topological polar surface area (TPSA) is 75.6 Å². The largest absolute Gasteiger partial charge is 0.494 e. The van der Waals surface area contributed by atoms with Gasteiger partial charge in [-0.25, -0.2) is 0 Å². The normalized spacial score (nSPS) is 11.7. The molecule has 2 aromatic carbocycles. The number of carboxylic acids is 1. The highest BCUT2D eigenvalue weighted by atomic mass is 16.5. The Hall–Kier alpha value is -2.82. The molecule has 2 aromatic rings. The van der Waals surface area contributed by atoms with Crippen LogP contribution in [0.2, 0.25) is 0 Å². The fourth-order valence-corrected chi connectivity index (χ4v) is 2.71. The van der Waals surface area contributed by atoms with Crippen molar-refractivity contribution in [3.8, 4) is 5.75 Å². The molecule has 0 saturated carbocycles. The van der Waals surface area contributed by atoms with Crippen molar-refractivity contribution < 1.29 is 19.4 Å². The minimum absolute atomic E-state index is 0.0781. The molecule has 0 aliphatic carbocycles. The summed E-state index contributed by atoms with van der Waals surface area (Å²) in [6.07, 6.45) is 0.342. The molecule has 1 amide bonds. The zero-order valence-corrected chi connectivity index (χ0v) is 15.4. The average molecular weight is 355 g/mol. The fraction of sp³-hybridized carbons (Fsp3) is 0.333. The van der Waals surface area contributed by atoms with Gasteiger partial charge in [0.25, 0.3) is 5.91 Å². The van der Waals surface area contributed by atoms with E-state index in [0.717, 1.165) is 22.4 Å². The Labute approximate surface area is 154 Å². The molecule has 0 aliphatic heterocycles. The van der Waals surface area contributed by atoms with Crippen molar-refractivity contribution in [2.75, 3.05) is 13.2 Å².